The molecule has 12 heteroatoms. The summed E-state index contributed by atoms with van der Waals surface area (Å²) < 4.78 is 6.79. The smallest absolute Gasteiger partial charge is 0.266 e. The zero-order chi connectivity index (χ0) is 34.9. The summed E-state index contributed by atoms with van der Waals surface area (Å²) in [5.41, 5.74) is 8.99. The third-order valence-electron chi connectivity index (χ3n) is 9.71. The lowest BCUT2D eigenvalue weighted by Crippen LogP contribution is -2.55. The van der Waals surface area contributed by atoms with E-state index in [4.69, 9.17) is 10.5 Å². The van der Waals surface area contributed by atoms with Crippen molar-refractivity contribution >= 4 is 29.3 Å². The van der Waals surface area contributed by atoms with Crippen LogP contribution in [-0.4, -0.2) is 82.5 Å². The van der Waals surface area contributed by atoms with Crippen LogP contribution in [0.4, 0.5) is 5.69 Å². The summed E-state index contributed by atoms with van der Waals surface area (Å²) in [6.07, 6.45) is 5.67. The molecule has 2 atom stereocenters. The Hall–Kier alpha value is -4.71. The van der Waals surface area contributed by atoms with E-state index in [1.54, 1.807) is 27.1 Å². The van der Waals surface area contributed by atoms with Gasteiger partial charge in [-0.25, -0.2) is 0 Å². The molecule has 3 aromatic rings. The van der Waals surface area contributed by atoms with Gasteiger partial charge in [0.05, 0.1) is 18.7 Å². The number of aryl methyl sites for hydroxylation is 1. The Balaban J connectivity index is 1.22. The summed E-state index contributed by atoms with van der Waals surface area (Å²) >= 11 is 0. The second-order valence-corrected chi connectivity index (χ2v) is 13.1. The van der Waals surface area contributed by atoms with Gasteiger partial charge in [0.25, 0.3) is 5.91 Å². The molecule has 5 rings (SSSR count). The zero-order valence-corrected chi connectivity index (χ0v) is 28.8. The van der Waals surface area contributed by atoms with Crippen LogP contribution in [0.15, 0.2) is 54.6 Å². The number of primary amides is 1. The second kappa shape index (κ2) is 16.6. The maximum atomic E-state index is 13.8. The SMILES string of the molecule is CCC(=O)N[C@H](Cc1ccc(NC(=O)[C@H](c2cc(C(N)=O)n(C)n2)C2CCCCC2)cc1)C(=O)N1CCN(Cc2cccc(OC)c2)CC1. The molecule has 2 fully saturated rings. The number of benzene rings is 2. The highest BCUT2D eigenvalue weighted by Crippen LogP contribution is 2.37. The highest BCUT2D eigenvalue weighted by atomic mass is 16.5. The van der Waals surface area contributed by atoms with Gasteiger partial charge in [-0.05, 0) is 60.2 Å². The molecule has 0 unspecified atom stereocenters. The molecule has 1 aromatic heterocycles. The number of carbonyl (C=O) groups excluding carboxylic acids is 4. The van der Waals surface area contributed by atoms with E-state index in [9.17, 15) is 19.2 Å². The monoisotopic (exact) mass is 671 g/mol. The van der Waals surface area contributed by atoms with Gasteiger partial charge in [0.2, 0.25) is 17.7 Å². The van der Waals surface area contributed by atoms with Crippen molar-refractivity contribution in [3.8, 4) is 5.75 Å². The Bertz CT molecular complexity index is 1610. The largest absolute Gasteiger partial charge is 0.497 e. The Morgan fingerprint density at radius 1 is 0.959 bits per heavy atom. The number of nitrogens with one attached hydrogen (secondary N) is 2. The van der Waals surface area contributed by atoms with Crippen LogP contribution in [0.2, 0.25) is 0 Å². The van der Waals surface area contributed by atoms with Crippen LogP contribution in [0.25, 0.3) is 0 Å². The van der Waals surface area contributed by atoms with Gasteiger partial charge in [-0.1, -0.05) is 50.5 Å². The summed E-state index contributed by atoms with van der Waals surface area (Å²) in [6, 6.07) is 16.3. The number of nitrogens with zero attached hydrogens (tertiary/aromatic N) is 4. The van der Waals surface area contributed by atoms with Crippen molar-refractivity contribution in [2.75, 3.05) is 38.6 Å². The standard InChI is InChI=1S/C37H49N7O5/c1-4-33(45)40-31(37(48)44-19-17-43(18-20-44)24-26-9-8-12-29(21-26)49-3)22-25-13-15-28(16-14-25)39-36(47)34(27-10-6-5-7-11-27)30-23-32(35(38)46)42(2)41-30/h8-9,12-16,21,23,27,31,34H,4-7,10-11,17-20,22,24H2,1-3H3,(H2,38,46)(H,39,47)(H,40,45)/t31-,34+/m1/s1. The van der Waals surface area contributed by atoms with E-state index >= 15 is 0 Å². The van der Waals surface area contributed by atoms with E-state index in [1.165, 1.54) is 4.68 Å². The number of hydrogen-bond acceptors (Lipinski definition) is 7. The first-order chi connectivity index (χ1) is 23.6. The van der Waals surface area contributed by atoms with Gasteiger partial charge >= 0.3 is 0 Å². The maximum absolute atomic E-state index is 13.8. The predicted molar refractivity (Wildman–Crippen MR) is 187 cm³/mol. The highest BCUT2D eigenvalue weighted by Gasteiger charge is 2.34. The van der Waals surface area contributed by atoms with Crippen molar-refractivity contribution in [2.45, 2.75) is 70.4 Å². The van der Waals surface area contributed by atoms with Crippen molar-refractivity contribution in [1.82, 2.24) is 24.9 Å². The van der Waals surface area contributed by atoms with Crippen LogP contribution in [0.3, 0.4) is 0 Å². The van der Waals surface area contributed by atoms with E-state index < -0.39 is 17.9 Å². The van der Waals surface area contributed by atoms with Crippen LogP contribution < -0.4 is 21.1 Å². The number of ether oxygens (including phenoxy) is 1. The van der Waals surface area contributed by atoms with E-state index in [0.717, 1.165) is 68.6 Å². The lowest BCUT2D eigenvalue weighted by atomic mass is 9.78. The molecule has 1 saturated heterocycles. The van der Waals surface area contributed by atoms with Gasteiger partial charge in [-0.15, -0.1) is 0 Å². The van der Waals surface area contributed by atoms with Crippen molar-refractivity contribution < 1.29 is 23.9 Å². The minimum absolute atomic E-state index is 0.0961. The van der Waals surface area contributed by atoms with Crippen molar-refractivity contribution in [1.29, 1.82) is 0 Å². The second-order valence-electron chi connectivity index (χ2n) is 13.1. The molecule has 4 amide bonds. The summed E-state index contributed by atoms with van der Waals surface area (Å²) in [7, 11) is 3.31. The topological polar surface area (TPSA) is 152 Å². The quantitative estimate of drug-likeness (QED) is 0.251. The fourth-order valence-corrected chi connectivity index (χ4v) is 6.98. The third kappa shape index (κ3) is 9.26. The Labute approximate surface area is 288 Å². The van der Waals surface area contributed by atoms with Crippen molar-refractivity contribution in [3.05, 3.63) is 77.1 Å². The number of nitrogens with two attached hydrogens (primary N) is 1. The number of aromatic nitrogens is 2. The summed E-state index contributed by atoms with van der Waals surface area (Å²) in [5.74, 6) is -0.615. The minimum atomic E-state index is -0.697. The molecule has 1 aliphatic carbocycles. The van der Waals surface area contributed by atoms with Crippen molar-refractivity contribution in [3.63, 3.8) is 0 Å². The van der Waals surface area contributed by atoms with E-state index in [1.807, 2.05) is 47.4 Å². The molecule has 0 bridgehead atoms. The number of carbonyl (C=O) groups is 4. The number of hydrogen-bond donors (Lipinski definition) is 3. The van der Waals surface area contributed by atoms with Crippen LogP contribution in [0, 0.1) is 5.92 Å². The number of amides is 4. The van der Waals surface area contributed by atoms with Crippen LogP contribution in [0.5, 0.6) is 5.75 Å². The fraction of sp³-hybridized carbons (Fsp3) is 0.486. The molecule has 0 radical (unpaired) electrons. The molecule has 262 valence electrons. The molecule has 2 aliphatic rings. The van der Waals surface area contributed by atoms with Crippen LogP contribution >= 0.6 is 0 Å². The Morgan fingerprint density at radius 2 is 1.67 bits per heavy atom. The number of methoxy groups -OCH3 is 1. The molecule has 0 spiro atoms. The number of rotatable bonds is 13. The maximum Gasteiger partial charge on any atom is 0.266 e. The normalized spacial score (nSPS) is 16.8. The molecular formula is C37H49N7O5. The van der Waals surface area contributed by atoms with Gasteiger partial charge < -0.3 is 26.0 Å². The lowest BCUT2D eigenvalue weighted by Gasteiger charge is -2.36. The first-order valence-corrected chi connectivity index (χ1v) is 17.3. The molecule has 2 heterocycles. The molecule has 4 N–H and O–H groups in total. The minimum Gasteiger partial charge on any atom is -0.497 e. The molecule has 1 aliphatic heterocycles. The van der Waals surface area contributed by atoms with Gasteiger partial charge in [0.15, 0.2) is 0 Å². The summed E-state index contributed by atoms with van der Waals surface area (Å²) in [4.78, 5) is 56.0. The third-order valence-corrected chi connectivity index (χ3v) is 9.71. The highest BCUT2D eigenvalue weighted by molar-refractivity contribution is 5.97. The fourth-order valence-electron chi connectivity index (χ4n) is 6.98. The molecule has 1 saturated carbocycles. The van der Waals surface area contributed by atoms with Gasteiger partial charge in [-0.2, -0.15) is 5.10 Å². The number of piperazine rings is 1. The zero-order valence-electron chi connectivity index (χ0n) is 28.8. The number of anilines is 1. The van der Waals surface area contributed by atoms with Crippen LogP contribution in [-0.2, 0) is 34.4 Å². The molecule has 49 heavy (non-hydrogen) atoms. The predicted octanol–water partition coefficient (Wildman–Crippen LogP) is 3.61. The summed E-state index contributed by atoms with van der Waals surface area (Å²) in [6.45, 7) is 5.16. The molecule has 2 aromatic carbocycles. The Morgan fingerprint density at radius 3 is 2.31 bits per heavy atom. The van der Waals surface area contributed by atoms with Crippen LogP contribution in [0.1, 0.15) is 78.7 Å². The van der Waals surface area contributed by atoms with E-state index in [-0.39, 0.29) is 35.8 Å². The van der Waals surface area contributed by atoms with Gasteiger partial charge in [0, 0.05) is 58.3 Å². The van der Waals surface area contributed by atoms with E-state index in [2.05, 4.69) is 26.7 Å². The molecule has 12 nitrogen and oxygen atoms in total. The van der Waals surface area contributed by atoms with Crippen molar-refractivity contribution in [2.24, 2.45) is 18.7 Å². The average Bonchev–Trinajstić information content (AvgIpc) is 3.50. The Kier molecular flexibility index (Phi) is 12.1. The lowest BCUT2D eigenvalue weighted by molar-refractivity contribution is -0.138. The molecular weight excluding hydrogens is 622 g/mol. The first kappa shape index (κ1) is 35.6. The van der Waals surface area contributed by atoms with Gasteiger partial charge in [0.1, 0.15) is 17.5 Å². The average molecular weight is 672 g/mol. The first-order valence-electron chi connectivity index (χ1n) is 17.3. The van der Waals surface area contributed by atoms with Gasteiger partial charge in [-0.3, -0.25) is 28.8 Å². The summed E-state index contributed by atoms with van der Waals surface area (Å²) in [5, 5.41) is 10.5. The van der Waals surface area contributed by atoms with E-state index in [0.29, 0.717) is 30.9 Å².